The van der Waals surface area contributed by atoms with E-state index in [2.05, 4.69) is 24.0 Å². The maximum Gasteiger partial charge on any atom is 0.0957 e. The van der Waals surface area contributed by atoms with Crippen molar-refractivity contribution in [3.05, 3.63) is 65.0 Å². The van der Waals surface area contributed by atoms with Crippen LogP contribution in [-0.4, -0.2) is 10.1 Å². The van der Waals surface area contributed by atoms with Gasteiger partial charge in [0.05, 0.1) is 5.60 Å². The van der Waals surface area contributed by atoms with E-state index in [0.29, 0.717) is 6.42 Å². The van der Waals surface area contributed by atoms with E-state index >= 15 is 0 Å². The van der Waals surface area contributed by atoms with Crippen LogP contribution in [0.2, 0.25) is 0 Å². The molecule has 2 heteroatoms. The molecule has 98 valence electrons. The number of nitrogens with zero attached hydrogens (tertiary/aromatic N) is 1. The fourth-order valence-corrected chi connectivity index (χ4v) is 2.92. The lowest BCUT2D eigenvalue weighted by atomic mass is 9.90. The Hall–Kier alpha value is -1.67. The Balaban J connectivity index is 1.86. The summed E-state index contributed by atoms with van der Waals surface area (Å²) in [5, 5.41) is 10.9. The topological polar surface area (TPSA) is 33.1 Å². The predicted octanol–water partition coefficient (Wildman–Crippen LogP) is 3.02. The quantitative estimate of drug-likeness (QED) is 0.912. The van der Waals surface area contributed by atoms with E-state index in [1.165, 1.54) is 11.1 Å². The molecule has 1 heterocycles. The molecule has 19 heavy (non-hydrogen) atoms. The molecule has 2 nitrogen and oxygen atoms in total. The van der Waals surface area contributed by atoms with E-state index < -0.39 is 5.60 Å². The van der Waals surface area contributed by atoms with Crippen LogP contribution in [-0.2, 0) is 24.9 Å². The number of rotatable bonds is 3. The molecule has 3 rings (SSSR count). The number of benzene rings is 1. The van der Waals surface area contributed by atoms with Crippen LogP contribution in [0.5, 0.6) is 0 Å². The lowest BCUT2D eigenvalue weighted by Crippen LogP contribution is -2.25. The Morgan fingerprint density at radius 1 is 1.21 bits per heavy atom. The molecule has 0 bridgehead atoms. The van der Waals surface area contributed by atoms with E-state index in [9.17, 15) is 5.11 Å². The number of aromatic nitrogens is 1. The molecule has 1 atom stereocenters. The van der Waals surface area contributed by atoms with Gasteiger partial charge < -0.3 is 5.11 Å². The van der Waals surface area contributed by atoms with Gasteiger partial charge >= 0.3 is 0 Å². The van der Waals surface area contributed by atoms with Crippen LogP contribution in [0.4, 0.5) is 0 Å². The minimum Gasteiger partial charge on any atom is -0.385 e. The summed E-state index contributed by atoms with van der Waals surface area (Å²) in [5.74, 6) is 0. The number of aliphatic hydroxyl groups is 1. The van der Waals surface area contributed by atoms with Gasteiger partial charge in [-0.15, -0.1) is 0 Å². The summed E-state index contributed by atoms with van der Waals surface area (Å²) in [5.41, 5.74) is 3.82. The van der Waals surface area contributed by atoms with Gasteiger partial charge in [0.2, 0.25) is 0 Å². The van der Waals surface area contributed by atoms with Gasteiger partial charge in [-0.05, 0) is 42.0 Å². The molecule has 0 saturated carbocycles. The van der Waals surface area contributed by atoms with Crippen molar-refractivity contribution in [2.24, 2.45) is 0 Å². The first-order chi connectivity index (χ1) is 9.21. The molecule has 2 aromatic rings. The van der Waals surface area contributed by atoms with Gasteiger partial charge in [-0.3, -0.25) is 4.98 Å². The Kier molecular flexibility index (Phi) is 3.11. The highest BCUT2D eigenvalue weighted by Crippen LogP contribution is 2.38. The first-order valence-electron chi connectivity index (χ1n) is 6.96. The fourth-order valence-electron chi connectivity index (χ4n) is 2.92. The molecule has 1 unspecified atom stereocenters. The molecule has 1 aliphatic rings. The molecular weight excluding hydrogens is 234 g/mol. The van der Waals surface area contributed by atoms with Crippen LogP contribution in [0.15, 0.2) is 42.6 Å². The van der Waals surface area contributed by atoms with Crippen molar-refractivity contribution in [3.8, 4) is 0 Å². The first kappa shape index (κ1) is 12.4. The molecule has 1 aliphatic carbocycles. The zero-order valence-corrected chi connectivity index (χ0v) is 11.3. The fraction of sp³-hybridized carbons (Fsp3) is 0.353. The molecule has 1 aromatic heterocycles. The van der Waals surface area contributed by atoms with Crippen molar-refractivity contribution in [3.63, 3.8) is 0 Å². The number of hydrogen-bond acceptors (Lipinski definition) is 2. The third-order valence-corrected chi connectivity index (χ3v) is 4.09. The van der Waals surface area contributed by atoms with Gasteiger partial charge in [-0.1, -0.05) is 37.3 Å². The van der Waals surface area contributed by atoms with Crippen molar-refractivity contribution in [2.75, 3.05) is 0 Å². The molecule has 0 amide bonds. The van der Waals surface area contributed by atoms with Crippen molar-refractivity contribution >= 4 is 0 Å². The number of aryl methyl sites for hydroxylation is 2. The van der Waals surface area contributed by atoms with E-state index in [1.54, 1.807) is 0 Å². The summed E-state index contributed by atoms with van der Waals surface area (Å²) < 4.78 is 0. The number of hydrogen-bond donors (Lipinski definition) is 1. The molecule has 0 fully saturated rings. The van der Waals surface area contributed by atoms with E-state index in [1.807, 2.05) is 30.5 Å². The maximum atomic E-state index is 10.9. The minimum absolute atomic E-state index is 0.605. The summed E-state index contributed by atoms with van der Waals surface area (Å²) in [6, 6.07) is 12.3. The molecule has 0 radical (unpaired) electrons. The minimum atomic E-state index is -0.739. The predicted molar refractivity (Wildman–Crippen MR) is 76.0 cm³/mol. The van der Waals surface area contributed by atoms with Crippen LogP contribution in [0.25, 0.3) is 0 Å². The molecular formula is C17H19NO. The van der Waals surface area contributed by atoms with Crippen LogP contribution < -0.4 is 0 Å². The van der Waals surface area contributed by atoms with Gasteiger partial charge in [0, 0.05) is 18.3 Å². The summed E-state index contributed by atoms with van der Waals surface area (Å²) in [6.07, 6.45) is 5.28. The Morgan fingerprint density at radius 3 is 2.79 bits per heavy atom. The summed E-state index contributed by atoms with van der Waals surface area (Å²) in [6.45, 7) is 2.12. The Labute approximate surface area is 114 Å². The maximum absolute atomic E-state index is 10.9. The van der Waals surface area contributed by atoms with Crippen molar-refractivity contribution in [2.45, 2.75) is 38.2 Å². The number of pyridine rings is 1. The van der Waals surface area contributed by atoms with Crippen LogP contribution in [0.3, 0.4) is 0 Å². The smallest absolute Gasteiger partial charge is 0.0957 e. The Bertz CT molecular complexity index is 576. The number of fused-ring (bicyclic) bond motifs is 1. The molecule has 1 aromatic carbocycles. The SMILES string of the molecule is CCc1ccc(CC2(O)CCc3ccccc32)nc1. The first-order valence-corrected chi connectivity index (χ1v) is 6.96. The van der Waals surface area contributed by atoms with Crippen LogP contribution in [0, 0.1) is 0 Å². The van der Waals surface area contributed by atoms with Crippen molar-refractivity contribution in [1.29, 1.82) is 0 Å². The second kappa shape index (κ2) is 4.78. The van der Waals surface area contributed by atoms with E-state index in [-0.39, 0.29) is 0 Å². The van der Waals surface area contributed by atoms with Gasteiger partial charge in [0.1, 0.15) is 0 Å². The molecule has 0 aliphatic heterocycles. The largest absolute Gasteiger partial charge is 0.385 e. The standard InChI is InChI=1S/C17H19NO/c1-2-13-7-8-15(18-12-13)11-17(19)10-9-14-5-3-4-6-16(14)17/h3-8,12,19H,2,9-11H2,1H3. The third-order valence-electron chi connectivity index (χ3n) is 4.09. The highest BCUT2D eigenvalue weighted by Gasteiger charge is 2.36. The second-order valence-electron chi connectivity index (χ2n) is 5.38. The Morgan fingerprint density at radius 2 is 2.05 bits per heavy atom. The lowest BCUT2D eigenvalue weighted by Gasteiger charge is -2.23. The average molecular weight is 253 g/mol. The normalized spacial score (nSPS) is 21.4. The summed E-state index contributed by atoms with van der Waals surface area (Å²) >= 11 is 0. The molecule has 1 N–H and O–H groups in total. The monoisotopic (exact) mass is 253 g/mol. The highest BCUT2D eigenvalue weighted by molar-refractivity contribution is 5.38. The third kappa shape index (κ3) is 2.28. The van der Waals surface area contributed by atoms with Gasteiger partial charge in [-0.2, -0.15) is 0 Å². The zero-order chi connectivity index (χ0) is 13.3. The molecule has 0 spiro atoms. The van der Waals surface area contributed by atoms with Crippen LogP contribution in [0.1, 0.15) is 35.7 Å². The van der Waals surface area contributed by atoms with Crippen molar-refractivity contribution < 1.29 is 5.11 Å². The van der Waals surface area contributed by atoms with Crippen LogP contribution >= 0.6 is 0 Å². The summed E-state index contributed by atoms with van der Waals surface area (Å²) in [7, 11) is 0. The van der Waals surface area contributed by atoms with Gasteiger partial charge in [0.25, 0.3) is 0 Å². The van der Waals surface area contributed by atoms with Gasteiger partial charge in [-0.25, -0.2) is 0 Å². The average Bonchev–Trinajstić information content (AvgIpc) is 2.78. The second-order valence-corrected chi connectivity index (χ2v) is 5.38. The molecule has 0 saturated heterocycles. The van der Waals surface area contributed by atoms with Crippen molar-refractivity contribution in [1.82, 2.24) is 4.98 Å². The highest BCUT2D eigenvalue weighted by atomic mass is 16.3. The van der Waals surface area contributed by atoms with Gasteiger partial charge in [0.15, 0.2) is 0 Å². The summed E-state index contributed by atoms with van der Waals surface area (Å²) in [4.78, 5) is 4.47. The van der Waals surface area contributed by atoms with E-state index in [0.717, 1.165) is 30.5 Å². The van der Waals surface area contributed by atoms with E-state index in [4.69, 9.17) is 0 Å². The lowest BCUT2D eigenvalue weighted by molar-refractivity contribution is 0.0380. The zero-order valence-electron chi connectivity index (χ0n) is 11.3.